The minimum absolute atomic E-state index is 0.0933. The monoisotopic (exact) mass is 449 g/mol. The van der Waals surface area contributed by atoms with Crippen LogP contribution in [0.15, 0.2) is 89.3 Å². The molecule has 0 spiro atoms. The third-order valence-corrected chi connectivity index (χ3v) is 5.48. The third kappa shape index (κ3) is 3.93. The van der Waals surface area contributed by atoms with E-state index in [9.17, 15) is 23.4 Å². The van der Waals surface area contributed by atoms with Gasteiger partial charge in [0.15, 0.2) is 11.8 Å². The number of hydrogen-bond acceptors (Lipinski definition) is 3. The molecule has 0 bridgehead atoms. The predicted molar refractivity (Wildman–Crippen MR) is 119 cm³/mol. The van der Waals surface area contributed by atoms with Gasteiger partial charge in [0.25, 0.3) is 0 Å². The van der Waals surface area contributed by atoms with E-state index in [4.69, 9.17) is 4.42 Å². The van der Waals surface area contributed by atoms with E-state index >= 15 is 0 Å². The summed E-state index contributed by atoms with van der Waals surface area (Å²) in [4.78, 5) is 0. The molecule has 0 radical (unpaired) electrons. The molecular weight excluding hydrogens is 431 g/mol. The number of nitrogens with zero attached hydrogens (tertiary/aromatic N) is 1. The van der Waals surface area contributed by atoms with Crippen LogP contribution in [-0.4, -0.2) is 14.8 Å². The number of aromatic hydroxyl groups is 2. The molecule has 3 aromatic carbocycles. The fraction of sp³-hybridized carbons (Fsp3) is 0.0769. The molecule has 0 saturated carbocycles. The molecule has 0 aliphatic carbocycles. The molecule has 5 rings (SSSR count). The van der Waals surface area contributed by atoms with E-state index in [1.165, 1.54) is 22.8 Å². The van der Waals surface area contributed by atoms with Gasteiger partial charge in [0.1, 0.15) is 11.3 Å². The summed E-state index contributed by atoms with van der Waals surface area (Å²) in [7, 11) is 0. The summed E-state index contributed by atoms with van der Waals surface area (Å²) >= 11 is 0. The Bertz CT molecular complexity index is 1440. The first kappa shape index (κ1) is 20.8. The lowest BCUT2D eigenvalue weighted by atomic mass is 10.0. The molecule has 7 heteroatoms. The average Bonchev–Trinajstić information content (AvgIpc) is 3.35. The van der Waals surface area contributed by atoms with Crippen LogP contribution >= 0.6 is 0 Å². The highest BCUT2D eigenvalue weighted by molar-refractivity contribution is 5.93. The Hall–Kier alpha value is -4.13. The summed E-state index contributed by atoms with van der Waals surface area (Å²) in [5, 5.41) is 20.9. The third-order valence-electron chi connectivity index (χ3n) is 5.48. The van der Waals surface area contributed by atoms with Crippen molar-refractivity contribution in [3.63, 3.8) is 0 Å². The number of aromatic nitrogens is 1. The average molecular weight is 449 g/mol. The van der Waals surface area contributed by atoms with E-state index in [1.807, 2.05) is 36.4 Å². The van der Waals surface area contributed by atoms with Crippen LogP contribution in [0.4, 0.5) is 13.2 Å². The molecule has 2 aromatic heterocycles. The molecule has 0 atom stereocenters. The predicted octanol–water partition coefficient (Wildman–Crippen LogP) is 6.91. The normalized spacial score (nSPS) is 11.8. The Kier molecular flexibility index (Phi) is 4.89. The van der Waals surface area contributed by atoms with E-state index in [0.717, 1.165) is 28.6 Å². The van der Waals surface area contributed by atoms with Gasteiger partial charge in [0, 0.05) is 29.5 Å². The molecule has 2 N–H and O–H groups in total. The van der Waals surface area contributed by atoms with Crippen molar-refractivity contribution in [2.24, 2.45) is 0 Å². The molecular formula is C26H18F3NO3. The molecule has 5 aromatic rings. The zero-order valence-corrected chi connectivity index (χ0v) is 17.2. The maximum Gasteiger partial charge on any atom is 0.416 e. The maximum atomic E-state index is 13.0. The van der Waals surface area contributed by atoms with Crippen LogP contribution in [0, 0.1) is 0 Å². The Morgan fingerprint density at radius 2 is 1.52 bits per heavy atom. The van der Waals surface area contributed by atoms with Gasteiger partial charge >= 0.3 is 6.18 Å². The lowest BCUT2D eigenvalue weighted by Crippen LogP contribution is -2.05. The summed E-state index contributed by atoms with van der Waals surface area (Å²) < 4.78 is 46.5. The molecule has 33 heavy (non-hydrogen) atoms. The van der Waals surface area contributed by atoms with Crippen LogP contribution in [-0.2, 0) is 12.6 Å². The SMILES string of the molecule is Oc1ccc(O)n1-c1cccc(-c2cccc3cc(Cc4cccc(C(F)(F)F)c4)oc23)c1. The number of benzene rings is 3. The first-order valence-electron chi connectivity index (χ1n) is 10.2. The molecule has 0 aliphatic rings. The van der Waals surface area contributed by atoms with Gasteiger partial charge in [-0.25, -0.2) is 0 Å². The zero-order valence-electron chi connectivity index (χ0n) is 17.2. The van der Waals surface area contributed by atoms with Crippen LogP contribution < -0.4 is 0 Å². The number of rotatable bonds is 4. The van der Waals surface area contributed by atoms with Crippen molar-refractivity contribution in [2.45, 2.75) is 12.6 Å². The minimum Gasteiger partial charge on any atom is -0.494 e. The van der Waals surface area contributed by atoms with Crippen LogP contribution in [0.25, 0.3) is 27.8 Å². The van der Waals surface area contributed by atoms with Crippen molar-refractivity contribution in [1.29, 1.82) is 0 Å². The lowest BCUT2D eigenvalue weighted by Gasteiger charge is -2.09. The van der Waals surface area contributed by atoms with Crippen molar-refractivity contribution < 1.29 is 27.8 Å². The zero-order chi connectivity index (χ0) is 23.2. The second-order valence-electron chi connectivity index (χ2n) is 7.75. The fourth-order valence-electron chi connectivity index (χ4n) is 3.98. The summed E-state index contributed by atoms with van der Waals surface area (Å²) in [6.07, 6.45) is -4.17. The van der Waals surface area contributed by atoms with Crippen molar-refractivity contribution in [3.05, 3.63) is 102 Å². The van der Waals surface area contributed by atoms with Crippen LogP contribution in [0.2, 0.25) is 0 Å². The molecule has 0 unspecified atom stereocenters. The smallest absolute Gasteiger partial charge is 0.416 e. The van der Waals surface area contributed by atoms with Crippen molar-refractivity contribution >= 4 is 11.0 Å². The van der Waals surface area contributed by atoms with Crippen LogP contribution in [0.3, 0.4) is 0 Å². The lowest BCUT2D eigenvalue weighted by molar-refractivity contribution is -0.137. The van der Waals surface area contributed by atoms with E-state index in [0.29, 0.717) is 22.6 Å². The van der Waals surface area contributed by atoms with Crippen molar-refractivity contribution in [2.75, 3.05) is 0 Å². The standard InChI is InChI=1S/C26H18F3NO3/c27-26(28,29)19-7-1-4-16(12-19)13-21-15-18-6-3-9-22(25(18)33-21)17-5-2-8-20(14-17)30-23(31)10-11-24(30)32/h1-12,14-15,31-32H,13H2. The Morgan fingerprint density at radius 1 is 0.788 bits per heavy atom. The van der Waals surface area contributed by atoms with Crippen LogP contribution in [0.1, 0.15) is 16.9 Å². The van der Waals surface area contributed by atoms with E-state index in [-0.39, 0.29) is 18.2 Å². The van der Waals surface area contributed by atoms with Gasteiger partial charge in [-0.2, -0.15) is 13.2 Å². The first-order valence-corrected chi connectivity index (χ1v) is 10.2. The van der Waals surface area contributed by atoms with Gasteiger partial charge < -0.3 is 14.6 Å². The summed E-state index contributed by atoms with van der Waals surface area (Å²) in [6.45, 7) is 0. The minimum atomic E-state index is -4.40. The molecule has 0 amide bonds. The highest BCUT2D eigenvalue weighted by Crippen LogP contribution is 2.35. The number of para-hydroxylation sites is 1. The van der Waals surface area contributed by atoms with Crippen LogP contribution in [0.5, 0.6) is 11.8 Å². The van der Waals surface area contributed by atoms with Gasteiger partial charge in [-0.3, -0.25) is 4.57 Å². The molecule has 4 nitrogen and oxygen atoms in total. The fourth-order valence-corrected chi connectivity index (χ4v) is 3.98. The Labute approximate surface area is 186 Å². The van der Waals surface area contributed by atoms with E-state index in [1.54, 1.807) is 18.2 Å². The quantitative estimate of drug-likeness (QED) is 0.313. The maximum absolute atomic E-state index is 13.0. The number of halogens is 3. The van der Waals surface area contributed by atoms with E-state index < -0.39 is 11.7 Å². The van der Waals surface area contributed by atoms with Gasteiger partial charge in [0.2, 0.25) is 0 Å². The molecule has 0 fully saturated rings. The van der Waals surface area contributed by atoms with Crippen molar-refractivity contribution in [1.82, 2.24) is 4.57 Å². The largest absolute Gasteiger partial charge is 0.494 e. The summed E-state index contributed by atoms with van der Waals surface area (Å²) in [6, 6.07) is 22.7. The topological polar surface area (TPSA) is 58.5 Å². The Morgan fingerprint density at radius 3 is 2.27 bits per heavy atom. The molecule has 2 heterocycles. The van der Waals surface area contributed by atoms with Crippen molar-refractivity contribution in [3.8, 4) is 28.6 Å². The van der Waals surface area contributed by atoms with Gasteiger partial charge in [0.05, 0.1) is 11.3 Å². The highest BCUT2D eigenvalue weighted by atomic mass is 19.4. The number of furan rings is 1. The molecule has 0 aliphatic heterocycles. The van der Waals surface area contributed by atoms with E-state index in [2.05, 4.69) is 0 Å². The molecule has 0 saturated heterocycles. The number of hydrogen-bond donors (Lipinski definition) is 2. The summed E-state index contributed by atoms with van der Waals surface area (Å²) in [5.41, 5.74) is 2.58. The summed E-state index contributed by atoms with van der Waals surface area (Å²) in [5.74, 6) is 0.363. The molecule has 166 valence electrons. The first-order chi connectivity index (χ1) is 15.8. The number of fused-ring (bicyclic) bond motifs is 1. The number of alkyl halides is 3. The van der Waals surface area contributed by atoms with Gasteiger partial charge in [-0.05, 0) is 35.4 Å². The second-order valence-corrected chi connectivity index (χ2v) is 7.75. The second kappa shape index (κ2) is 7.78. The Balaban J connectivity index is 1.53. The highest BCUT2D eigenvalue weighted by Gasteiger charge is 2.30. The van der Waals surface area contributed by atoms with Gasteiger partial charge in [-0.1, -0.05) is 48.5 Å². The van der Waals surface area contributed by atoms with Gasteiger partial charge in [-0.15, -0.1) is 0 Å².